The third-order valence-corrected chi connectivity index (χ3v) is 5.94. The van der Waals surface area contributed by atoms with Crippen LogP contribution in [-0.2, 0) is 20.9 Å². The van der Waals surface area contributed by atoms with Crippen molar-refractivity contribution in [2.75, 3.05) is 25.1 Å². The van der Waals surface area contributed by atoms with Gasteiger partial charge in [-0.25, -0.2) is 5.01 Å². The Morgan fingerprint density at radius 1 is 1.06 bits per heavy atom. The van der Waals surface area contributed by atoms with Crippen LogP contribution in [0.25, 0.3) is 5.57 Å². The van der Waals surface area contributed by atoms with Crippen molar-refractivity contribution in [2.45, 2.75) is 19.9 Å². The molecule has 1 amide bonds. The van der Waals surface area contributed by atoms with Gasteiger partial charge in [-0.1, -0.05) is 42.8 Å². The zero-order valence-electron chi connectivity index (χ0n) is 19.9. The van der Waals surface area contributed by atoms with Crippen molar-refractivity contribution in [2.24, 2.45) is 5.73 Å². The van der Waals surface area contributed by atoms with E-state index in [-0.39, 0.29) is 40.7 Å². The van der Waals surface area contributed by atoms with Crippen LogP contribution in [0.4, 0.5) is 11.4 Å². The molecule has 1 aliphatic rings. The fourth-order valence-corrected chi connectivity index (χ4v) is 3.84. The number of nitrogens with one attached hydrogen (secondary N) is 3. The van der Waals surface area contributed by atoms with Crippen LogP contribution in [0.5, 0.6) is 0 Å². The molecule has 0 fully saturated rings. The Balaban J connectivity index is 1.93. The quantitative estimate of drug-likeness (QED) is 0.0969. The van der Waals surface area contributed by atoms with E-state index < -0.39 is 17.5 Å². The lowest BCUT2D eigenvalue weighted by Crippen LogP contribution is -2.40. The maximum atomic E-state index is 13.5. The SMILES string of the molecule is CCN(C)NC1=C(Cl)C(=O)C(c2cc(N)cc(N)c2)=C(CC(=O)NCc2ccc(C(=N)N)cc2)C1=O. The largest absolute Gasteiger partial charge is 0.399 e. The second kappa shape index (κ2) is 11.1. The number of carbonyl (C=O) groups excluding carboxylic acids is 3. The summed E-state index contributed by atoms with van der Waals surface area (Å²) >= 11 is 6.33. The molecule has 0 unspecified atom stereocenters. The first-order chi connectivity index (χ1) is 17.0. The lowest BCUT2D eigenvalue weighted by Gasteiger charge is -2.26. The molecule has 0 radical (unpaired) electrons. The second-order valence-corrected chi connectivity index (χ2v) is 8.66. The fraction of sp³-hybridized carbons (Fsp3) is 0.200. The van der Waals surface area contributed by atoms with Gasteiger partial charge in [-0.2, -0.15) is 0 Å². The Hall–Kier alpha value is -4.15. The van der Waals surface area contributed by atoms with Gasteiger partial charge >= 0.3 is 0 Å². The molecule has 0 heterocycles. The van der Waals surface area contributed by atoms with Crippen LogP contribution in [0.1, 0.15) is 30.0 Å². The highest BCUT2D eigenvalue weighted by atomic mass is 35.5. The molecule has 1 aliphatic carbocycles. The van der Waals surface area contributed by atoms with E-state index in [1.54, 1.807) is 36.3 Å². The Labute approximate surface area is 213 Å². The average molecular weight is 510 g/mol. The van der Waals surface area contributed by atoms with E-state index in [0.29, 0.717) is 29.0 Å². The molecule has 10 nitrogen and oxygen atoms in total. The summed E-state index contributed by atoms with van der Waals surface area (Å²) in [5.41, 5.74) is 22.2. The summed E-state index contributed by atoms with van der Waals surface area (Å²) in [5.74, 6) is -1.72. The van der Waals surface area contributed by atoms with Crippen molar-refractivity contribution < 1.29 is 14.4 Å². The number of nitrogen functional groups attached to an aromatic ring is 3. The minimum Gasteiger partial charge on any atom is -0.399 e. The molecule has 0 aliphatic heterocycles. The predicted octanol–water partition coefficient (Wildman–Crippen LogP) is 1.65. The first-order valence-electron chi connectivity index (χ1n) is 11.1. The summed E-state index contributed by atoms with van der Waals surface area (Å²) in [4.78, 5) is 39.7. The third kappa shape index (κ3) is 5.91. The zero-order valence-corrected chi connectivity index (χ0v) is 20.7. The van der Waals surface area contributed by atoms with Crippen LogP contribution in [0.2, 0.25) is 0 Å². The van der Waals surface area contributed by atoms with Crippen LogP contribution in [0, 0.1) is 5.41 Å². The number of rotatable bonds is 9. The molecule has 3 rings (SSSR count). The van der Waals surface area contributed by atoms with E-state index in [0.717, 1.165) is 5.56 Å². The molecule has 0 bridgehead atoms. The maximum Gasteiger partial charge on any atom is 0.224 e. The lowest BCUT2D eigenvalue weighted by molar-refractivity contribution is -0.122. The number of nitrogens with zero attached hydrogens (tertiary/aromatic N) is 1. The number of benzene rings is 2. The van der Waals surface area contributed by atoms with Gasteiger partial charge in [0.15, 0.2) is 0 Å². The number of allylic oxidation sites excluding steroid dienone is 3. The van der Waals surface area contributed by atoms with Crippen molar-refractivity contribution in [1.29, 1.82) is 5.41 Å². The minimum atomic E-state index is -0.615. The Morgan fingerprint density at radius 3 is 2.22 bits per heavy atom. The van der Waals surface area contributed by atoms with E-state index in [4.69, 9.17) is 34.2 Å². The summed E-state index contributed by atoms with van der Waals surface area (Å²) in [7, 11) is 1.69. The van der Waals surface area contributed by atoms with E-state index in [1.807, 2.05) is 6.92 Å². The molecule has 9 N–H and O–H groups in total. The first-order valence-corrected chi connectivity index (χ1v) is 11.5. The van der Waals surface area contributed by atoms with Crippen molar-refractivity contribution >= 4 is 51.9 Å². The van der Waals surface area contributed by atoms with E-state index in [2.05, 4.69) is 10.7 Å². The van der Waals surface area contributed by atoms with Crippen molar-refractivity contribution in [3.8, 4) is 0 Å². The number of amidine groups is 1. The molecule has 0 saturated carbocycles. The number of anilines is 2. The number of hydrogen-bond donors (Lipinski definition) is 6. The van der Waals surface area contributed by atoms with Crippen LogP contribution in [-0.4, -0.2) is 41.9 Å². The molecule has 2 aromatic rings. The molecule has 0 saturated heterocycles. The summed E-state index contributed by atoms with van der Waals surface area (Å²) in [6.45, 7) is 2.55. The standard InChI is InChI=1S/C25H28ClN7O3/c1-3-33(2)32-22-21(26)24(36)20(15-8-16(27)10-17(28)9-15)18(23(22)35)11-19(34)31-12-13-4-6-14(7-5-13)25(29)30/h4-10,32H,3,11-12,27-28H2,1-2H3,(H3,29,30)(H,31,34). The topological polar surface area (TPSA) is 180 Å². The minimum absolute atomic E-state index is 0.0188. The molecule has 0 aromatic heterocycles. The van der Waals surface area contributed by atoms with Gasteiger partial charge in [0, 0.05) is 48.2 Å². The molecule has 0 atom stereocenters. The van der Waals surface area contributed by atoms with E-state index >= 15 is 0 Å². The molecule has 36 heavy (non-hydrogen) atoms. The fourth-order valence-electron chi connectivity index (χ4n) is 3.61. The highest BCUT2D eigenvalue weighted by Gasteiger charge is 2.36. The molecular formula is C25H28ClN7O3. The van der Waals surface area contributed by atoms with Gasteiger partial charge in [-0.15, -0.1) is 0 Å². The van der Waals surface area contributed by atoms with Crippen LogP contribution >= 0.6 is 11.6 Å². The predicted molar refractivity (Wildman–Crippen MR) is 140 cm³/mol. The number of carbonyl (C=O) groups is 3. The van der Waals surface area contributed by atoms with Crippen LogP contribution < -0.4 is 27.9 Å². The molecule has 0 spiro atoms. The number of Topliss-reactive ketones (excluding diaryl/α,β-unsaturated/α-hetero) is 2. The van der Waals surface area contributed by atoms with E-state index in [9.17, 15) is 14.4 Å². The Morgan fingerprint density at radius 2 is 1.67 bits per heavy atom. The number of ketones is 2. The average Bonchev–Trinajstić information content (AvgIpc) is 2.83. The zero-order chi connectivity index (χ0) is 26.6. The van der Waals surface area contributed by atoms with Crippen molar-refractivity contribution in [1.82, 2.24) is 15.8 Å². The van der Waals surface area contributed by atoms with Gasteiger partial charge in [-0.05, 0) is 29.3 Å². The number of hydrazine groups is 1. The molecule has 188 valence electrons. The number of halogens is 1. The monoisotopic (exact) mass is 509 g/mol. The number of amides is 1. The lowest BCUT2D eigenvalue weighted by atomic mass is 9.85. The van der Waals surface area contributed by atoms with E-state index in [1.165, 1.54) is 18.2 Å². The number of hydrogen-bond acceptors (Lipinski definition) is 8. The van der Waals surface area contributed by atoms with Crippen LogP contribution in [0.3, 0.4) is 0 Å². The van der Waals surface area contributed by atoms with Crippen molar-refractivity contribution in [3.05, 3.63) is 75.5 Å². The molecule has 2 aromatic carbocycles. The summed E-state index contributed by atoms with van der Waals surface area (Å²) < 4.78 is 0. The Kier molecular flexibility index (Phi) is 8.13. The summed E-state index contributed by atoms with van der Waals surface area (Å²) in [5, 5.41) is 11.5. The third-order valence-electron chi connectivity index (χ3n) is 5.58. The highest BCUT2D eigenvalue weighted by Crippen LogP contribution is 2.35. The first kappa shape index (κ1) is 26.5. The number of nitrogens with two attached hydrogens (primary N) is 3. The van der Waals surface area contributed by atoms with Gasteiger partial charge in [0.1, 0.15) is 16.6 Å². The van der Waals surface area contributed by atoms with Gasteiger partial charge < -0.3 is 27.9 Å². The van der Waals surface area contributed by atoms with Crippen molar-refractivity contribution in [3.63, 3.8) is 0 Å². The highest BCUT2D eigenvalue weighted by molar-refractivity contribution is 6.56. The van der Waals surface area contributed by atoms with Gasteiger partial charge in [0.2, 0.25) is 17.5 Å². The molecule has 11 heteroatoms. The van der Waals surface area contributed by atoms with Gasteiger partial charge in [-0.3, -0.25) is 19.8 Å². The maximum absolute atomic E-state index is 13.5. The van der Waals surface area contributed by atoms with Gasteiger partial charge in [0.25, 0.3) is 0 Å². The second-order valence-electron chi connectivity index (χ2n) is 8.28. The smallest absolute Gasteiger partial charge is 0.224 e. The van der Waals surface area contributed by atoms with Gasteiger partial charge in [0.05, 0.1) is 6.42 Å². The summed E-state index contributed by atoms with van der Waals surface area (Å²) in [6.07, 6.45) is -0.370. The Bertz CT molecular complexity index is 1280. The molecular weight excluding hydrogens is 482 g/mol. The van der Waals surface area contributed by atoms with Crippen LogP contribution in [0.15, 0.2) is 58.8 Å². The summed E-state index contributed by atoms with van der Waals surface area (Å²) in [6, 6.07) is 11.3. The normalized spacial score (nSPS) is 13.9.